The van der Waals surface area contributed by atoms with Gasteiger partial charge in [-0.1, -0.05) is 23.2 Å². The Morgan fingerprint density at radius 3 is 2.44 bits per heavy atom. The summed E-state index contributed by atoms with van der Waals surface area (Å²) in [7, 11) is 0. The summed E-state index contributed by atoms with van der Waals surface area (Å²) in [5.41, 5.74) is 4.42. The molecule has 0 spiro atoms. The minimum atomic E-state index is -0.325. The van der Waals surface area contributed by atoms with Crippen LogP contribution in [0.4, 0.5) is 10.1 Å². The largest absolute Gasteiger partial charge is 0.318 e. The minimum Gasteiger partial charge on any atom is -0.318 e. The third-order valence-corrected chi connectivity index (χ3v) is 6.92. The van der Waals surface area contributed by atoms with Crippen molar-refractivity contribution in [1.29, 1.82) is 0 Å². The number of nitrogens with zero attached hydrogens (tertiary/aromatic N) is 3. The molecule has 0 saturated carbocycles. The number of halogens is 3. The average Bonchev–Trinajstić information content (AvgIpc) is 3.21. The first-order chi connectivity index (χ1) is 15.3. The van der Waals surface area contributed by atoms with E-state index in [9.17, 15) is 9.18 Å². The number of carbonyl (C=O) groups excluding carboxylic acids is 1. The molecular weight excluding hydrogens is 468 g/mol. The van der Waals surface area contributed by atoms with Crippen LogP contribution in [0, 0.1) is 19.7 Å². The Hall–Kier alpha value is -2.54. The van der Waals surface area contributed by atoms with Crippen molar-refractivity contribution in [2.75, 3.05) is 6.54 Å². The molecule has 1 amide bonds. The van der Waals surface area contributed by atoms with E-state index in [4.69, 9.17) is 23.2 Å². The van der Waals surface area contributed by atoms with Gasteiger partial charge < -0.3 is 4.57 Å². The van der Waals surface area contributed by atoms with Gasteiger partial charge in [-0.3, -0.25) is 9.69 Å². The monoisotopic (exact) mass is 487 g/mol. The number of aromatic nitrogens is 1. The van der Waals surface area contributed by atoms with Crippen LogP contribution in [0.5, 0.6) is 0 Å². The Labute approximate surface area is 200 Å². The SMILES string of the molecule is CCN1C(=O)/C(=C/c2cc(C)n(-c3ccc(Cl)c(Cl)c3)c2C)SC1=Nc1ccc(F)cc1. The molecule has 32 heavy (non-hydrogen) atoms. The van der Waals surface area contributed by atoms with E-state index in [0.717, 1.165) is 22.6 Å². The van der Waals surface area contributed by atoms with E-state index >= 15 is 0 Å². The van der Waals surface area contributed by atoms with Crippen molar-refractivity contribution in [3.05, 3.63) is 86.2 Å². The van der Waals surface area contributed by atoms with Crippen LogP contribution in [0.2, 0.25) is 10.0 Å². The second-order valence-corrected chi connectivity index (χ2v) is 9.11. The summed E-state index contributed by atoms with van der Waals surface area (Å²) in [6.45, 7) is 6.39. The van der Waals surface area contributed by atoms with Gasteiger partial charge in [0.1, 0.15) is 5.82 Å². The van der Waals surface area contributed by atoms with E-state index in [-0.39, 0.29) is 11.7 Å². The average molecular weight is 488 g/mol. The quantitative estimate of drug-likeness (QED) is 0.366. The topological polar surface area (TPSA) is 37.6 Å². The van der Waals surface area contributed by atoms with Gasteiger partial charge in [0, 0.05) is 23.6 Å². The molecule has 0 bridgehead atoms. The fourth-order valence-electron chi connectivity index (χ4n) is 3.59. The van der Waals surface area contributed by atoms with Crippen molar-refractivity contribution in [2.24, 2.45) is 4.99 Å². The molecule has 1 fully saturated rings. The molecular formula is C24H20Cl2FN3OS. The highest BCUT2D eigenvalue weighted by atomic mass is 35.5. The van der Waals surface area contributed by atoms with Crippen molar-refractivity contribution in [3.63, 3.8) is 0 Å². The lowest BCUT2D eigenvalue weighted by Crippen LogP contribution is -2.28. The van der Waals surface area contributed by atoms with Gasteiger partial charge >= 0.3 is 0 Å². The maximum Gasteiger partial charge on any atom is 0.266 e. The molecule has 8 heteroatoms. The van der Waals surface area contributed by atoms with E-state index in [1.165, 1.54) is 23.9 Å². The van der Waals surface area contributed by atoms with Crippen molar-refractivity contribution >= 4 is 57.8 Å². The third kappa shape index (κ3) is 4.35. The summed E-state index contributed by atoms with van der Waals surface area (Å²) in [4.78, 5) is 19.8. The number of aryl methyl sites for hydroxylation is 1. The van der Waals surface area contributed by atoms with E-state index in [1.54, 1.807) is 23.1 Å². The molecule has 3 aromatic rings. The lowest BCUT2D eigenvalue weighted by atomic mass is 10.2. The zero-order valence-corrected chi connectivity index (χ0v) is 20.0. The number of rotatable bonds is 4. The normalized spacial score (nSPS) is 16.6. The number of benzene rings is 2. The third-order valence-electron chi connectivity index (χ3n) is 5.17. The van der Waals surface area contributed by atoms with Gasteiger partial charge in [0.2, 0.25) is 0 Å². The minimum absolute atomic E-state index is 0.0993. The molecule has 4 nitrogen and oxygen atoms in total. The molecule has 4 rings (SSSR count). The molecule has 1 aliphatic heterocycles. The van der Waals surface area contributed by atoms with Gasteiger partial charge in [0.15, 0.2) is 5.17 Å². The van der Waals surface area contributed by atoms with Crippen LogP contribution >= 0.6 is 35.0 Å². The molecule has 0 aliphatic carbocycles. The number of likely N-dealkylation sites (N-methyl/N-ethyl adjacent to an activating group) is 1. The maximum atomic E-state index is 13.2. The summed E-state index contributed by atoms with van der Waals surface area (Å²) in [6, 6.07) is 13.4. The fraction of sp³-hybridized carbons (Fsp3) is 0.167. The molecule has 0 N–H and O–H groups in total. The van der Waals surface area contributed by atoms with Crippen molar-refractivity contribution in [2.45, 2.75) is 20.8 Å². The van der Waals surface area contributed by atoms with Gasteiger partial charge in [-0.25, -0.2) is 9.38 Å². The Balaban J connectivity index is 1.70. The first-order valence-electron chi connectivity index (χ1n) is 9.98. The fourth-order valence-corrected chi connectivity index (χ4v) is 4.94. The van der Waals surface area contributed by atoms with E-state index in [1.807, 2.05) is 45.0 Å². The number of aliphatic imine (C=N–C) groups is 1. The highest BCUT2D eigenvalue weighted by Crippen LogP contribution is 2.35. The molecule has 164 valence electrons. The van der Waals surface area contributed by atoms with E-state index in [0.29, 0.717) is 32.4 Å². The number of hydrogen-bond acceptors (Lipinski definition) is 3. The predicted molar refractivity (Wildman–Crippen MR) is 132 cm³/mol. The van der Waals surface area contributed by atoms with Crippen LogP contribution in [0.1, 0.15) is 23.9 Å². The zero-order valence-electron chi connectivity index (χ0n) is 17.7. The van der Waals surface area contributed by atoms with Crippen LogP contribution in [-0.2, 0) is 4.79 Å². The summed E-state index contributed by atoms with van der Waals surface area (Å²) >= 11 is 13.6. The lowest BCUT2D eigenvalue weighted by Gasteiger charge is -2.12. The van der Waals surface area contributed by atoms with Crippen molar-refractivity contribution < 1.29 is 9.18 Å². The van der Waals surface area contributed by atoms with Crippen LogP contribution in [0.3, 0.4) is 0 Å². The Morgan fingerprint density at radius 2 is 1.78 bits per heavy atom. The second-order valence-electron chi connectivity index (χ2n) is 7.29. The first kappa shape index (κ1) is 22.6. The Kier molecular flexibility index (Phi) is 6.47. The number of carbonyl (C=O) groups is 1. The molecule has 1 aromatic heterocycles. The predicted octanol–water partition coefficient (Wildman–Crippen LogP) is 7.16. The van der Waals surface area contributed by atoms with E-state index in [2.05, 4.69) is 9.56 Å². The number of hydrogen-bond donors (Lipinski definition) is 0. The zero-order chi connectivity index (χ0) is 23.0. The van der Waals surface area contributed by atoms with E-state index < -0.39 is 0 Å². The van der Waals surface area contributed by atoms with Gasteiger partial charge in [0.05, 0.1) is 20.6 Å². The molecule has 1 aliphatic rings. The van der Waals surface area contributed by atoms with Gasteiger partial charge in [-0.2, -0.15) is 0 Å². The highest BCUT2D eigenvalue weighted by Gasteiger charge is 2.32. The summed E-state index contributed by atoms with van der Waals surface area (Å²) in [5.74, 6) is -0.424. The molecule has 2 heterocycles. The smallest absolute Gasteiger partial charge is 0.266 e. The number of amides is 1. The van der Waals surface area contributed by atoms with Gasteiger partial charge in [-0.15, -0.1) is 0 Å². The van der Waals surface area contributed by atoms with Crippen molar-refractivity contribution in [1.82, 2.24) is 9.47 Å². The Bertz CT molecular complexity index is 1260. The highest BCUT2D eigenvalue weighted by molar-refractivity contribution is 8.18. The molecule has 1 saturated heterocycles. The van der Waals surface area contributed by atoms with Gasteiger partial charge in [-0.05, 0) is 92.7 Å². The molecule has 2 aromatic carbocycles. The number of amidine groups is 1. The molecule has 0 radical (unpaired) electrons. The number of thioether (sulfide) groups is 1. The van der Waals surface area contributed by atoms with Crippen LogP contribution in [0.15, 0.2) is 58.4 Å². The standard InChI is InChI=1S/C24H20Cl2FN3OS/c1-4-29-23(31)22(32-24(29)28-18-7-5-17(27)6-8-18)12-16-11-14(2)30(15(16)3)19-9-10-20(25)21(26)13-19/h5-13H,4H2,1-3H3/b22-12-,28-24?. The Morgan fingerprint density at radius 1 is 1.06 bits per heavy atom. The molecule has 0 unspecified atom stereocenters. The van der Waals surface area contributed by atoms with Crippen LogP contribution in [-0.4, -0.2) is 27.1 Å². The van der Waals surface area contributed by atoms with Crippen molar-refractivity contribution in [3.8, 4) is 5.69 Å². The summed E-state index contributed by atoms with van der Waals surface area (Å²) < 4.78 is 15.3. The summed E-state index contributed by atoms with van der Waals surface area (Å²) in [6.07, 6.45) is 1.89. The lowest BCUT2D eigenvalue weighted by molar-refractivity contribution is -0.122. The van der Waals surface area contributed by atoms with Crippen LogP contribution < -0.4 is 0 Å². The first-order valence-corrected chi connectivity index (χ1v) is 11.6. The molecule has 0 atom stereocenters. The second kappa shape index (κ2) is 9.14. The summed E-state index contributed by atoms with van der Waals surface area (Å²) in [5, 5.41) is 1.56. The maximum absolute atomic E-state index is 13.2. The van der Waals surface area contributed by atoms with Gasteiger partial charge in [0.25, 0.3) is 5.91 Å². The van der Waals surface area contributed by atoms with Crippen LogP contribution in [0.25, 0.3) is 11.8 Å².